The number of benzene rings is 2. The molecule has 2 atom stereocenters. The van der Waals surface area contributed by atoms with Gasteiger partial charge in [-0.25, -0.2) is 0 Å². The van der Waals surface area contributed by atoms with Gasteiger partial charge in [-0.3, -0.25) is 14.6 Å². The predicted octanol–water partition coefficient (Wildman–Crippen LogP) is 3.76. The molecule has 5 rings (SSSR count). The molecule has 0 spiro atoms. The molecule has 2 N–H and O–H groups in total. The zero-order valence-electron chi connectivity index (χ0n) is 19.1. The Hall–Kier alpha value is -3.92. The van der Waals surface area contributed by atoms with Gasteiger partial charge in [0.25, 0.3) is 5.56 Å². The van der Waals surface area contributed by atoms with E-state index in [0.717, 1.165) is 43.5 Å². The molecule has 7 heteroatoms. The van der Waals surface area contributed by atoms with Crippen LogP contribution in [0.2, 0.25) is 0 Å². The molecular formula is C27H27N5O2. The van der Waals surface area contributed by atoms with Crippen molar-refractivity contribution < 1.29 is 4.79 Å². The van der Waals surface area contributed by atoms with E-state index in [9.17, 15) is 14.9 Å². The number of aromatic nitrogens is 2. The van der Waals surface area contributed by atoms with E-state index >= 15 is 0 Å². The zero-order valence-corrected chi connectivity index (χ0v) is 19.1. The van der Waals surface area contributed by atoms with Crippen LogP contribution in [0.4, 0.5) is 11.8 Å². The van der Waals surface area contributed by atoms with Gasteiger partial charge in [0, 0.05) is 19.0 Å². The van der Waals surface area contributed by atoms with E-state index in [1.165, 1.54) is 5.56 Å². The minimum atomic E-state index is -0.988. The summed E-state index contributed by atoms with van der Waals surface area (Å²) in [5.74, 6) is -0.752. The third-order valence-electron chi connectivity index (χ3n) is 6.97. The zero-order chi connectivity index (χ0) is 23.7. The SMILES string of the molecule is Cc1ccc(C2c3c(nc(N4CCC(Cc5ccccc5)CC4)[nH]c3=O)NC(=O)C2C#N)cc1. The monoisotopic (exact) mass is 453 g/mol. The molecule has 172 valence electrons. The van der Waals surface area contributed by atoms with Gasteiger partial charge in [0.15, 0.2) is 0 Å². The largest absolute Gasteiger partial charge is 0.342 e. The number of amides is 1. The van der Waals surface area contributed by atoms with Crippen LogP contribution in [-0.4, -0.2) is 29.0 Å². The van der Waals surface area contributed by atoms with Gasteiger partial charge < -0.3 is 10.2 Å². The Morgan fingerprint density at radius 3 is 2.44 bits per heavy atom. The highest BCUT2D eigenvalue weighted by Gasteiger charge is 2.40. The van der Waals surface area contributed by atoms with Crippen molar-refractivity contribution in [2.45, 2.75) is 32.1 Å². The normalized spacial score (nSPS) is 20.4. The summed E-state index contributed by atoms with van der Waals surface area (Å²) in [6, 6.07) is 20.2. The molecule has 3 aromatic rings. The van der Waals surface area contributed by atoms with Gasteiger partial charge in [-0.05, 0) is 43.2 Å². The Morgan fingerprint density at radius 2 is 1.76 bits per heavy atom. The van der Waals surface area contributed by atoms with E-state index in [1.54, 1.807) is 0 Å². The summed E-state index contributed by atoms with van der Waals surface area (Å²) in [4.78, 5) is 35.7. The number of aryl methyl sites for hydroxylation is 1. The summed E-state index contributed by atoms with van der Waals surface area (Å²) in [5, 5.41) is 12.4. The highest BCUT2D eigenvalue weighted by Crippen LogP contribution is 2.38. The van der Waals surface area contributed by atoms with Crippen molar-refractivity contribution in [3.05, 3.63) is 87.2 Å². The van der Waals surface area contributed by atoms with Gasteiger partial charge in [0.2, 0.25) is 11.9 Å². The Kier molecular flexibility index (Phi) is 5.89. The maximum atomic E-state index is 13.3. The van der Waals surface area contributed by atoms with E-state index in [4.69, 9.17) is 0 Å². The topological polar surface area (TPSA) is 102 Å². The number of carbonyl (C=O) groups is 1. The number of anilines is 2. The first kappa shape index (κ1) is 21.9. The third-order valence-corrected chi connectivity index (χ3v) is 6.97. The van der Waals surface area contributed by atoms with Crippen LogP contribution in [0.15, 0.2) is 59.4 Å². The number of aromatic amines is 1. The molecular weight excluding hydrogens is 426 g/mol. The molecule has 0 aliphatic carbocycles. The molecule has 1 amide bonds. The van der Waals surface area contributed by atoms with Crippen LogP contribution in [0.5, 0.6) is 0 Å². The number of carbonyl (C=O) groups excluding carboxylic acids is 1. The van der Waals surface area contributed by atoms with Gasteiger partial charge in [0.05, 0.1) is 11.6 Å². The fourth-order valence-corrected chi connectivity index (χ4v) is 5.08. The molecule has 0 radical (unpaired) electrons. The van der Waals surface area contributed by atoms with Gasteiger partial charge in [-0.15, -0.1) is 0 Å². The molecule has 0 bridgehead atoms. The number of H-pyrrole nitrogens is 1. The number of nitriles is 1. The first-order valence-corrected chi connectivity index (χ1v) is 11.7. The van der Waals surface area contributed by atoms with Crippen molar-refractivity contribution in [1.82, 2.24) is 9.97 Å². The number of fused-ring (bicyclic) bond motifs is 1. The van der Waals surface area contributed by atoms with Crippen LogP contribution in [-0.2, 0) is 11.2 Å². The fourth-order valence-electron chi connectivity index (χ4n) is 5.08. The maximum absolute atomic E-state index is 13.3. The molecule has 3 heterocycles. The average molecular weight is 454 g/mol. The Morgan fingerprint density at radius 1 is 1.06 bits per heavy atom. The third kappa shape index (κ3) is 4.19. The first-order valence-electron chi connectivity index (χ1n) is 11.7. The summed E-state index contributed by atoms with van der Waals surface area (Å²) in [7, 11) is 0. The van der Waals surface area contributed by atoms with Crippen molar-refractivity contribution in [3.63, 3.8) is 0 Å². The molecule has 7 nitrogen and oxygen atoms in total. The van der Waals surface area contributed by atoms with Crippen LogP contribution in [0.25, 0.3) is 0 Å². The quantitative estimate of drug-likeness (QED) is 0.626. The molecule has 2 aliphatic heterocycles. The Bertz CT molecular complexity index is 1290. The van der Waals surface area contributed by atoms with E-state index in [0.29, 0.717) is 17.4 Å². The second-order valence-corrected chi connectivity index (χ2v) is 9.26. The van der Waals surface area contributed by atoms with Crippen LogP contribution < -0.4 is 15.8 Å². The highest BCUT2D eigenvalue weighted by atomic mass is 16.2. The number of nitrogens with one attached hydrogen (secondary N) is 2. The van der Waals surface area contributed by atoms with Crippen LogP contribution in [0.3, 0.4) is 0 Å². The predicted molar refractivity (Wildman–Crippen MR) is 131 cm³/mol. The molecule has 1 saturated heterocycles. The second kappa shape index (κ2) is 9.14. The minimum Gasteiger partial charge on any atom is -0.342 e. The molecule has 2 unspecified atom stereocenters. The summed E-state index contributed by atoms with van der Waals surface area (Å²) in [6.45, 7) is 3.54. The standard InChI is InChI=1S/C27H27N5O2/c1-17-7-9-20(10-8-17)22-21(16-28)25(33)29-24-23(22)26(34)31-27(30-24)32-13-11-19(12-14-32)15-18-5-3-2-4-6-18/h2-10,19,21-22H,11-15H2,1H3,(H2,29,30,31,33,34). The van der Waals surface area contributed by atoms with Gasteiger partial charge in [-0.1, -0.05) is 60.2 Å². The van der Waals surface area contributed by atoms with Crippen molar-refractivity contribution in [1.29, 1.82) is 5.26 Å². The maximum Gasteiger partial charge on any atom is 0.258 e. The summed E-state index contributed by atoms with van der Waals surface area (Å²) in [6.07, 6.45) is 3.06. The van der Waals surface area contributed by atoms with Crippen molar-refractivity contribution >= 4 is 17.7 Å². The van der Waals surface area contributed by atoms with Crippen molar-refractivity contribution in [2.75, 3.05) is 23.3 Å². The molecule has 2 aliphatic rings. The number of piperidine rings is 1. The summed E-state index contributed by atoms with van der Waals surface area (Å²) in [5.41, 5.74) is 3.21. The van der Waals surface area contributed by atoms with Crippen molar-refractivity contribution in [3.8, 4) is 6.07 Å². The van der Waals surface area contributed by atoms with Gasteiger partial charge in [-0.2, -0.15) is 10.2 Å². The lowest BCUT2D eigenvalue weighted by molar-refractivity contribution is -0.119. The number of nitrogens with zero attached hydrogens (tertiary/aromatic N) is 3. The van der Waals surface area contributed by atoms with E-state index in [-0.39, 0.29) is 11.4 Å². The van der Waals surface area contributed by atoms with Gasteiger partial charge in [0.1, 0.15) is 11.7 Å². The first-order chi connectivity index (χ1) is 16.5. The summed E-state index contributed by atoms with van der Waals surface area (Å²) >= 11 is 0. The molecule has 1 aromatic heterocycles. The second-order valence-electron chi connectivity index (χ2n) is 9.26. The lowest BCUT2D eigenvalue weighted by Gasteiger charge is -2.34. The molecule has 0 saturated carbocycles. The highest BCUT2D eigenvalue weighted by molar-refractivity contribution is 5.98. The Labute approximate surface area is 198 Å². The van der Waals surface area contributed by atoms with Crippen LogP contribution in [0, 0.1) is 30.1 Å². The number of hydrogen-bond donors (Lipinski definition) is 2. The molecule has 1 fully saturated rings. The van der Waals surface area contributed by atoms with E-state index < -0.39 is 17.7 Å². The van der Waals surface area contributed by atoms with E-state index in [2.05, 4.69) is 50.5 Å². The lowest BCUT2D eigenvalue weighted by Crippen LogP contribution is -2.41. The van der Waals surface area contributed by atoms with E-state index in [1.807, 2.05) is 37.3 Å². The fraction of sp³-hybridized carbons (Fsp3) is 0.333. The molecule has 34 heavy (non-hydrogen) atoms. The van der Waals surface area contributed by atoms with Gasteiger partial charge >= 0.3 is 0 Å². The van der Waals surface area contributed by atoms with Crippen molar-refractivity contribution in [2.24, 2.45) is 11.8 Å². The smallest absolute Gasteiger partial charge is 0.258 e. The summed E-state index contributed by atoms with van der Waals surface area (Å²) < 4.78 is 0. The van der Waals surface area contributed by atoms with Crippen LogP contribution >= 0.6 is 0 Å². The number of hydrogen-bond acceptors (Lipinski definition) is 5. The lowest BCUT2D eigenvalue weighted by atomic mass is 9.79. The molecule has 2 aromatic carbocycles. The number of rotatable bonds is 4. The van der Waals surface area contributed by atoms with Crippen LogP contribution in [0.1, 0.15) is 41.0 Å². The minimum absolute atomic E-state index is 0.257. The average Bonchev–Trinajstić information content (AvgIpc) is 2.85. The Balaban J connectivity index is 1.40.